The molecule has 3 aromatic heterocycles. The summed E-state index contributed by atoms with van der Waals surface area (Å²) in [6.45, 7) is 4.09. The van der Waals surface area contributed by atoms with Crippen molar-refractivity contribution in [3.8, 4) is 11.3 Å². The number of carbonyl (C=O) groups excluding carboxylic acids is 1. The summed E-state index contributed by atoms with van der Waals surface area (Å²) in [6, 6.07) is 16.4. The lowest BCUT2D eigenvalue weighted by atomic mass is 9.88. The second kappa shape index (κ2) is 9.33. The molecule has 11 heteroatoms. The van der Waals surface area contributed by atoms with Gasteiger partial charge in [-0.2, -0.15) is 23.4 Å². The summed E-state index contributed by atoms with van der Waals surface area (Å²) in [7, 11) is 0. The van der Waals surface area contributed by atoms with E-state index in [9.17, 15) is 18.0 Å². The van der Waals surface area contributed by atoms with Gasteiger partial charge < -0.3 is 5.32 Å². The minimum Gasteiger partial charge on any atom is -0.317 e. The molecule has 0 bridgehead atoms. The van der Waals surface area contributed by atoms with Gasteiger partial charge in [0.05, 0.1) is 29.3 Å². The van der Waals surface area contributed by atoms with Crippen molar-refractivity contribution in [3.63, 3.8) is 0 Å². The minimum absolute atomic E-state index is 0.0395. The summed E-state index contributed by atoms with van der Waals surface area (Å²) in [5.41, 5.74) is 3.70. The molecule has 5 aromatic rings. The molecule has 0 saturated heterocycles. The van der Waals surface area contributed by atoms with E-state index in [1.54, 1.807) is 23.7 Å². The Bertz CT molecular complexity index is 1750. The number of hydrogen-bond donors (Lipinski definition) is 1. The maximum absolute atomic E-state index is 14.3. The third-order valence-electron chi connectivity index (χ3n) is 6.98. The van der Waals surface area contributed by atoms with Gasteiger partial charge in [0, 0.05) is 21.7 Å². The molecule has 1 amide bonds. The molecule has 1 N–H and O–H groups in total. The summed E-state index contributed by atoms with van der Waals surface area (Å²) in [6.07, 6.45) is -4.03. The molecule has 1 aliphatic carbocycles. The number of hydrogen-bond acceptors (Lipinski definition) is 4. The molecule has 0 atom stereocenters. The van der Waals surface area contributed by atoms with Gasteiger partial charge in [-0.25, -0.2) is 9.50 Å². The number of nitrogens with zero attached hydrogens (tertiary/aromatic N) is 5. The quantitative estimate of drug-likeness (QED) is 0.261. The zero-order valence-corrected chi connectivity index (χ0v) is 22.6. The lowest BCUT2D eigenvalue weighted by Gasteiger charge is -2.23. The third kappa shape index (κ3) is 4.50. The molecule has 2 aromatic carbocycles. The number of anilines is 1. The number of alkyl halides is 3. The first-order valence-corrected chi connectivity index (χ1v) is 13.1. The zero-order chi connectivity index (χ0) is 27.5. The van der Waals surface area contributed by atoms with Crippen LogP contribution in [0.2, 0.25) is 0 Å². The minimum atomic E-state index is -4.68. The van der Waals surface area contributed by atoms with Crippen LogP contribution < -0.4 is 5.32 Å². The highest BCUT2D eigenvalue weighted by Gasteiger charge is 2.40. The van der Waals surface area contributed by atoms with Crippen molar-refractivity contribution >= 4 is 33.2 Å². The maximum atomic E-state index is 14.3. The lowest BCUT2D eigenvalue weighted by Crippen LogP contribution is -2.21. The molecule has 0 aliphatic heterocycles. The molecular weight excluding hydrogens is 573 g/mol. The fourth-order valence-electron chi connectivity index (χ4n) is 5.10. The van der Waals surface area contributed by atoms with Crippen LogP contribution in [0.5, 0.6) is 0 Å². The Morgan fingerprint density at radius 1 is 1.05 bits per heavy atom. The molecule has 6 rings (SSSR count). The largest absolute Gasteiger partial charge is 0.433 e. The molecular formula is C28H22BrF3N6O. The fourth-order valence-corrected chi connectivity index (χ4v) is 5.36. The normalized spacial score (nSPS) is 12.9. The molecule has 7 nitrogen and oxygen atoms in total. The van der Waals surface area contributed by atoms with Gasteiger partial charge in [0.15, 0.2) is 17.0 Å². The van der Waals surface area contributed by atoms with Crippen LogP contribution in [0.3, 0.4) is 0 Å². The van der Waals surface area contributed by atoms with E-state index in [1.807, 2.05) is 43.3 Å². The van der Waals surface area contributed by atoms with Crippen molar-refractivity contribution < 1.29 is 18.0 Å². The van der Waals surface area contributed by atoms with Crippen LogP contribution >= 0.6 is 15.9 Å². The van der Waals surface area contributed by atoms with Gasteiger partial charge in [-0.15, -0.1) is 0 Å². The van der Waals surface area contributed by atoms with Gasteiger partial charge in [-0.3, -0.25) is 9.48 Å². The Morgan fingerprint density at radius 3 is 2.54 bits per heavy atom. The van der Waals surface area contributed by atoms with Crippen LogP contribution in [0.4, 0.5) is 18.9 Å². The lowest BCUT2D eigenvalue weighted by molar-refractivity contribution is -0.143. The van der Waals surface area contributed by atoms with Gasteiger partial charge in [0.1, 0.15) is 0 Å². The number of aryl methyl sites for hydroxylation is 2. The molecule has 3 heterocycles. The van der Waals surface area contributed by atoms with E-state index in [0.717, 1.165) is 20.1 Å². The molecule has 1 aliphatic rings. The van der Waals surface area contributed by atoms with Gasteiger partial charge in [0.25, 0.3) is 5.91 Å². The molecule has 0 unspecified atom stereocenters. The first-order valence-electron chi connectivity index (χ1n) is 12.3. The van der Waals surface area contributed by atoms with Gasteiger partial charge >= 0.3 is 6.18 Å². The number of nitrogens with one attached hydrogen (secondary N) is 1. The van der Waals surface area contributed by atoms with Gasteiger partial charge in [0.2, 0.25) is 0 Å². The van der Waals surface area contributed by atoms with Crippen LogP contribution in [0, 0.1) is 13.8 Å². The van der Waals surface area contributed by atoms with E-state index in [2.05, 4.69) is 36.4 Å². The summed E-state index contributed by atoms with van der Waals surface area (Å²) in [4.78, 5) is 17.8. The first-order chi connectivity index (χ1) is 18.6. The Hall–Kier alpha value is -3.99. The standard InChI is InChI=1S/C28H22BrF3N6O/c1-15-24(16(2)37(35-15)14-17-7-10-19(29)11-8-17)34-27(39)22-13-23-33-25-20-6-4-3-5-18(20)9-12-21(25)26(28(30,31)32)38(23)36-22/h3-8,10-11,13H,9,12,14H2,1-2H3,(H,34,39). The Balaban J connectivity index is 1.37. The molecule has 0 radical (unpaired) electrons. The second-order valence-electron chi connectivity index (χ2n) is 9.53. The van der Waals surface area contributed by atoms with Crippen molar-refractivity contribution in [2.45, 2.75) is 39.4 Å². The summed E-state index contributed by atoms with van der Waals surface area (Å²) < 4.78 is 46.5. The van der Waals surface area contributed by atoms with Crippen molar-refractivity contribution in [1.82, 2.24) is 24.4 Å². The van der Waals surface area contributed by atoms with E-state index in [-0.39, 0.29) is 29.0 Å². The average Bonchev–Trinajstić information content (AvgIpc) is 3.44. The predicted molar refractivity (Wildman–Crippen MR) is 144 cm³/mol. The van der Waals surface area contributed by atoms with Crippen LogP contribution in [-0.4, -0.2) is 30.3 Å². The molecule has 0 saturated carbocycles. The van der Waals surface area contributed by atoms with E-state index in [1.165, 1.54) is 6.07 Å². The highest BCUT2D eigenvalue weighted by Crippen LogP contribution is 2.40. The predicted octanol–water partition coefficient (Wildman–Crippen LogP) is 6.39. The Morgan fingerprint density at radius 2 is 1.79 bits per heavy atom. The highest BCUT2D eigenvalue weighted by molar-refractivity contribution is 9.10. The number of amides is 1. The third-order valence-corrected chi connectivity index (χ3v) is 7.51. The van der Waals surface area contributed by atoms with E-state index >= 15 is 0 Å². The zero-order valence-electron chi connectivity index (χ0n) is 21.0. The Kier molecular flexibility index (Phi) is 6.05. The van der Waals surface area contributed by atoms with Gasteiger partial charge in [-0.1, -0.05) is 52.3 Å². The molecule has 39 heavy (non-hydrogen) atoms. The number of aromatic nitrogens is 5. The number of carbonyl (C=O) groups is 1. The van der Waals surface area contributed by atoms with E-state index < -0.39 is 17.8 Å². The monoisotopic (exact) mass is 594 g/mol. The van der Waals surface area contributed by atoms with Crippen molar-refractivity contribution in [2.24, 2.45) is 0 Å². The fraction of sp³-hybridized carbons (Fsp3) is 0.214. The van der Waals surface area contributed by atoms with Crippen LogP contribution in [-0.2, 0) is 25.6 Å². The van der Waals surface area contributed by atoms with Crippen molar-refractivity contribution in [1.29, 1.82) is 0 Å². The highest BCUT2D eigenvalue weighted by atomic mass is 79.9. The second-order valence-corrected chi connectivity index (χ2v) is 10.4. The van der Waals surface area contributed by atoms with E-state index in [0.29, 0.717) is 35.6 Å². The van der Waals surface area contributed by atoms with E-state index in [4.69, 9.17) is 0 Å². The van der Waals surface area contributed by atoms with Crippen LogP contribution in [0.15, 0.2) is 59.1 Å². The molecule has 0 fully saturated rings. The molecule has 0 spiro atoms. The van der Waals surface area contributed by atoms with Gasteiger partial charge in [-0.05, 0) is 49.9 Å². The van der Waals surface area contributed by atoms with Crippen LogP contribution in [0.1, 0.15) is 44.3 Å². The summed E-state index contributed by atoms with van der Waals surface area (Å²) in [5, 5.41) is 11.4. The van der Waals surface area contributed by atoms with Crippen molar-refractivity contribution in [2.75, 3.05) is 5.32 Å². The Labute approximate surface area is 229 Å². The van der Waals surface area contributed by atoms with Crippen LogP contribution in [0.25, 0.3) is 16.9 Å². The SMILES string of the molecule is Cc1nn(Cc2ccc(Br)cc2)c(C)c1NC(=O)c1cc2nc3c(c(C(F)(F)F)n2n1)CCc1ccccc1-3. The van der Waals surface area contributed by atoms with Crippen molar-refractivity contribution in [3.05, 3.63) is 98.5 Å². The number of rotatable bonds is 4. The number of fused-ring (bicyclic) bond motifs is 4. The number of halogens is 4. The number of benzene rings is 2. The first kappa shape index (κ1) is 25.3. The summed E-state index contributed by atoms with van der Waals surface area (Å²) >= 11 is 3.42. The smallest absolute Gasteiger partial charge is 0.317 e. The average molecular weight is 595 g/mol. The molecule has 198 valence electrons. The topological polar surface area (TPSA) is 77.1 Å². The maximum Gasteiger partial charge on any atom is 0.433 e. The summed E-state index contributed by atoms with van der Waals surface area (Å²) in [5.74, 6) is -0.638.